The number of aliphatic carboxylic acids is 1. The van der Waals surface area contributed by atoms with E-state index >= 15 is 0 Å². The molecule has 21 heavy (non-hydrogen) atoms. The first-order valence-corrected chi connectivity index (χ1v) is 6.56. The third kappa shape index (κ3) is 5.56. The van der Waals surface area contributed by atoms with E-state index in [1.807, 2.05) is 6.92 Å². The number of carboxylic acids is 1. The molecule has 0 spiro atoms. The minimum Gasteiger partial charge on any atom is -0.493 e. The third-order valence-corrected chi connectivity index (χ3v) is 2.58. The van der Waals surface area contributed by atoms with Gasteiger partial charge in [0.05, 0.1) is 20.1 Å². The van der Waals surface area contributed by atoms with E-state index in [-0.39, 0.29) is 18.9 Å². The second kappa shape index (κ2) is 8.63. The molecule has 0 aliphatic carbocycles. The molecule has 1 rings (SSSR count). The molecule has 0 bridgehead atoms. The number of benzene rings is 1. The Hall–Kier alpha value is -2.50. The van der Waals surface area contributed by atoms with Gasteiger partial charge in [-0.1, -0.05) is 12.1 Å². The van der Waals surface area contributed by atoms with E-state index in [1.165, 1.54) is 13.2 Å². The van der Waals surface area contributed by atoms with E-state index in [0.717, 1.165) is 6.08 Å². The number of methoxy groups -OCH3 is 1. The van der Waals surface area contributed by atoms with Crippen molar-refractivity contribution in [2.75, 3.05) is 20.3 Å². The first-order valence-electron chi connectivity index (χ1n) is 6.56. The second-order valence-corrected chi connectivity index (χ2v) is 4.10. The third-order valence-electron chi connectivity index (χ3n) is 2.58. The quantitative estimate of drug-likeness (QED) is 0.713. The van der Waals surface area contributed by atoms with E-state index < -0.39 is 5.97 Å². The van der Waals surface area contributed by atoms with Crippen LogP contribution >= 0.6 is 0 Å². The molecule has 0 saturated heterocycles. The van der Waals surface area contributed by atoms with Crippen molar-refractivity contribution in [1.82, 2.24) is 5.32 Å². The Bertz CT molecular complexity index is 525. The summed E-state index contributed by atoms with van der Waals surface area (Å²) < 4.78 is 10.8. The summed E-state index contributed by atoms with van der Waals surface area (Å²) in [7, 11) is 1.50. The van der Waals surface area contributed by atoms with Gasteiger partial charge in [0.15, 0.2) is 11.5 Å². The van der Waals surface area contributed by atoms with Crippen molar-refractivity contribution in [3.8, 4) is 11.5 Å². The van der Waals surface area contributed by atoms with Gasteiger partial charge in [0.25, 0.3) is 0 Å². The molecule has 6 heteroatoms. The van der Waals surface area contributed by atoms with Gasteiger partial charge >= 0.3 is 5.97 Å². The molecule has 0 aliphatic rings. The number of hydrogen-bond acceptors (Lipinski definition) is 4. The van der Waals surface area contributed by atoms with E-state index in [4.69, 9.17) is 14.6 Å². The predicted octanol–water partition coefficient (Wildman–Crippen LogP) is 1.70. The Morgan fingerprint density at radius 2 is 2.14 bits per heavy atom. The Labute approximate surface area is 123 Å². The van der Waals surface area contributed by atoms with E-state index in [0.29, 0.717) is 23.6 Å². The molecule has 2 N–H and O–H groups in total. The van der Waals surface area contributed by atoms with Gasteiger partial charge in [-0.15, -0.1) is 0 Å². The lowest BCUT2D eigenvalue weighted by atomic mass is 10.1. The van der Waals surface area contributed by atoms with Crippen LogP contribution in [0.25, 0.3) is 6.08 Å². The molecule has 0 unspecified atom stereocenters. The van der Waals surface area contributed by atoms with Crippen LogP contribution in [0.5, 0.6) is 11.5 Å². The number of para-hydroxylation sites is 1. The fraction of sp³-hybridized carbons (Fsp3) is 0.333. The van der Waals surface area contributed by atoms with Crippen molar-refractivity contribution in [3.63, 3.8) is 0 Å². The summed E-state index contributed by atoms with van der Waals surface area (Å²) in [5.74, 6) is -0.249. The lowest BCUT2D eigenvalue weighted by molar-refractivity contribution is -0.131. The average molecular weight is 293 g/mol. The first kappa shape index (κ1) is 16.6. The summed E-state index contributed by atoms with van der Waals surface area (Å²) >= 11 is 0. The Morgan fingerprint density at radius 1 is 1.38 bits per heavy atom. The topological polar surface area (TPSA) is 84.9 Å². The van der Waals surface area contributed by atoms with Gasteiger partial charge in [0, 0.05) is 18.2 Å². The average Bonchev–Trinajstić information content (AvgIpc) is 2.46. The molecule has 114 valence electrons. The highest BCUT2D eigenvalue weighted by Crippen LogP contribution is 2.32. The summed E-state index contributed by atoms with van der Waals surface area (Å²) in [6, 6.07) is 5.15. The van der Waals surface area contributed by atoms with Gasteiger partial charge in [-0.3, -0.25) is 4.79 Å². The number of carbonyl (C=O) groups is 2. The van der Waals surface area contributed by atoms with Crippen LogP contribution in [0.1, 0.15) is 18.9 Å². The smallest absolute Gasteiger partial charge is 0.328 e. The van der Waals surface area contributed by atoms with Crippen LogP contribution in [-0.2, 0) is 9.59 Å². The monoisotopic (exact) mass is 293 g/mol. The lowest BCUT2D eigenvalue weighted by Gasteiger charge is -2.13. The van der Waals surface area contributed by atoms with Crippen molar-refractivity contribution in [1.29, 1.82) is 0 Å². The minimum atomic E-state index is -1.05. The van der Waals surface area contributed by atoms with Crippen LogP contribution in [0, 0.1) is 0 Å². The lowest BCUT2D eigenvalue weighted by Crippen LogP contribution is -2.24. The standard InChI is InChI=1S/C15H19NO5/c1-3-16-13(17)9-10-21-15-11(7-8-14(18)19)5-4-6-12(15)20-2/h4-8H,3,9-10H2,1-2H3,(H,16,17)(H,18,19). The molecule has 1 amide bonds. The molecule has 0 aromatic heterocycles. The molecular formula is C15H19NO5. The zero-order valence-electron chi connectivity index (χ0n) is 12.1. The van der Waals surface area contributed by atoms with Gasteiger partial charge in [0.2, 0.25) is 5.91 Å². The number of carbonyl (C=O) groups excluding carboxylic acids is 1. The predicted molar refractivity (Wildman–Crippen MR) is 78.5 cm³/mol. The van der Waals surface area contributed by atoms with Crippen LogP contribution in [0.4, 0.5) is 0 Å². The molecule has 1 aromatic carbocycles. The Balaban J connectivity index is 2.82. The van der Waals surface area contributed by atoms with Crippen LogP contribution in [-0.4, -0.2) is 37.2 Å². The maximum absolute atomic E-state index is 11.4. The second-order valence-electron chi connectivity index (χ2n) is 4.10. The van der Waals surface area contributed by atoms with E-state index in [2.05, 4.69) is 5.32 Å². The number of nitrogens with one attached hydrogen (secondary N) is 1. The molecule has 0 radical (unpaired) electrons. The van der Waals surface area contributed by atoms with Crippen molar-refractivity contribution in [2.45, 2.75) is 13.3 Å². The number of amides is 1. The summed E-state index contributed by atoms with van der Waals surface area (Å²) in [6.45, 7) is 2.59. The van der Waals surface area contributed by atoms with Gasteiger partial charge in [-0.25, -0.2) is 4.79 Å². The van der Waals surface area contributed by atoms with Gasteiger partial charge < -0.3 is 19.9 Å². The van der Waals surface area contributed by atoms with Crippen molar-refractivity contribution in [2.24, 2.45) is 0 Å². The molecule has 0 heterocycles. The van der Waals surface area contributed by atoms with Gasteiger partial charge in [-0.05, 0) is 19.1 Å². The van der Waals surface area contributed by atoms with Crippen LogP contribution in [0.2, 0.25) is 0 Å². The molecule has 6 nitrogen and oxygen atoms in total. The number of ether oxygens (including phenoxy) is 2. The minimum absolute atomic E-state index is 0.102. The molecular weight excluding hydrogens is 274 g/mol. The van der Waals surface area contributed by atoms with Crippen LogP contribution < -0.4 is 14.8 Å². The number of carboxylic acid groups (broad SMARTS) is 1. The summed E-state index contributed by atoms with van der Waals surface area (Å²) in [5, 5.41) is 11.4. The highest BCUT2D eigenvalue weighted by molar-refractivity contribution is 5.86. The number of hydrogen-bond donors (Lipinski definition) is 2. The maximum atomic E-state index is 11.4. The van der Waals surface area contributed by atoms with Crippen molar-refractivity contribution >= 4 is 18.0 Å². The first-order chi connectivity index (χ1) is 10.1. The normalized spacial score (nSPS) is 10.4. The summed E-state index contributed by atoms with van der Waals surface area (Å²) in [4.78, 5) is 22.0. The molecule has 0 saturated carbocycles. The van der Waals surface area contributed by atoms with Gasteiger partial charge in [-0.2, -0.15) is 0 Å². The molecule has 0 fully saturated rings. The highest BCUT2D eigenvalue weighted by Gasteiger charge is 2.10. The van der Waals surface area contributed by atoms with Crippen LogP contribution in [0.15, 0.2) is 24.3 Å². The molecule has 0 aliphatic heterocycles. The fourth-order valence-corrected chi connectivity index (χ4v) is 1.67. The summed E-state index contributed by atoms with van der Waals surface area (Å²) in [5.41, 5.74) is 0.577. The van der Waals surface area contributed by atoms with E-state index in [9.17, 15) is 9.59 Å². The fourth-order valence-electron chi connectivity index (χ4n) is 1.67. The highest BCUT2D eigenvalue weighted by atomic mass is 16.5. The maximum Gasteiger partial charge on any atom is 0.328 e. The zero-order valence-corrected chi connectivity index (χ0v) is 12.1. The van der Waals surface area contributed by atoms with Crippen LogP contribution in [0.3, 0.4) is 0 Å². The van der Waals surface area contributed by atoms with Crippen molar-refractivity contribution in [3.05, 3.63) is 29.8 Å². The summed E-state index contributed by atoms with van der Waals surface area (Å²) in [6.07, 6.45) is 2.66. The number of rotatable bonds is 8. The van der Waals surface area contributed by atoms with Gasteiger partial charge in [0.1, 0.15) is 0 Å². The largest absolute Gasteiger partial charge is 0.493 e. The Morgan fingerprint density at radius 3 is 2.76 bits per heavy atom. The molecule has 0 atom stereocenters. The zero-order chi connectivity index (χ0) is 15.7. The van der Waals surface area contributed by atoms with E-state index in [1.54, 1.807) is 18.2 Å². The molecule has 1 aromatic rings. The Kier molecular flexibility index (Phi) is 6.80. The SMILES string of the molecule is CCNC(=O)CCOc1c(C=CC(=O)O)cccc1OC. The van der Waals surface area contributed by atoms with Crippen molar-refractivity contribution < 1.29 is 24.2 Å².